The van der Waals surface area contributed by atoms with Gasteiger partial charge in [0.15, 0.2) is 0 Å². The van der Waals surface area contributed by atoms with Gasteiger partial charge in [-0.05, 0) is 17.7 Å². The number of hydrogen-bond acceptors (Lipinski definition) is 4. The third-order valence-corrected chi connectivity index (χ3v) is 4.77. The summed E-state index contributed by atoms with van der Waals surface area (Å²) in [5.74, 6) is 1.38. The number of ether oxygens (including phenoxy) is 2. The number of hydrogen-bond donors (Lipinski definition) is 0. The van der Waals surface area contributed by atoms with Crippen molar-refractivity contribution in [1.82, 2.24) is 4.90 Å². The van der Waals surface area contributed by atoms with E-state index >= 15 is 0 Å². The van der Waals surface area contributed by atoms with Gasteiger partial charge in [-0.15, -0.1) is 12.4 Å². The molecule has 0 spiro atoms. The zero-order valence-electron chi connectivity index (χ0n) is 13.5. The highest BCUT2D eigenvalue weighted by Crippen LogP contribution is 2.46. The molecule has 2 aromatic carbocycles. The third kappa shape index (κ3) is 2.87. The van der Waals surface area contributed by atoms with Crippen LogP contribution in [0.2, 0.25) is 0 Å². The second-order valence-corrected chi connectivity index (χ2v) is 6.19. The van der Waals surface area contributed by atoms with Crippen molar-refractivity contribution >= 4 is 18.4 Å². The van der Waals surface area contributed by atoms with Gasteiger partial charge in [0.05, 0.1) is 13.0 Å². The fourth-order valence-electron chi connectivity index (χ4n) is 3.73. The maximum absolute atomic E-state index is 12.3. The Morgan fingerprint density at radius 3 is 2.58 bits per heavy atom. The molecular weight excluding hydrogens is 326 g/mol. The van der Waals surface area contributed by atoms with Crippen molar-refractivity contribution in [1.29, 1.82) is 0 Å². The van der Waals surface area contributed by atoms with Crippen molar-refractivity contribution in [3.05, 3.63) is 59.7 Å². The summed E-state index contributed by atoms with van der Waals surface area (Å²) in [7, 11) is 1.66. The molecule has 1 saturated heterocycles. The third-order valence-electron chi connectivity index (χ3n) is 4.77. The minimum Gasteiger partial charge on any atom is -0.496 e. The fraction of sp³-hybridized carbons (Fsp3) is 0.316. The first-order valence-electron chi connectivity index (χ1n) is 7.91. The summed E-state index contributed by atoms with van der Waals surface area (Å²) in [6.45, 7) is 2.43. The lowest BCUT2D eigenvalue weighted by atomic mass is 9.86. The normalized spacial score (nSPS) is 22.1. The van der Waals surface area contributed by atoms with Crippen molar-refractivity contribution < 1.29 is 14.3 Å². The number of halogens is 1. The molecule has 0 unspecified atom stereocenters. The topological polar surface area (TPSA) is 38.8 Å². The molecule has 0 amide bonds. The first kappa shape index (κ1) is 16.8. The van der Waals surface area contributed by atoms with Crippen molar-refractivity contribution in [3.63, 3.8) is 0 Å². The molecule has 4 rings (SSSR count). The Kier molecular flexibility index (Phi) is 4.78. The number of fused-ring (bicyclic) bond motifs is 3. The number of benzene rings is 2. The van der Waals surface area contributed by atoms with Gasteiger partial charge in [-0.3, -0.25) is 9.69 Å². The van der Waals surface area contributed by atoms with Crippen LogP contribution < -0.4 is 9.47 Å². The molecular formula is C19H20ClNO3. The molecule has 4 nitrogen and oxygen atoms in total. The van der Waals surface area contributed by atoms with Gasteiger partial charge < -0.3 is 9.47 Å². The van der Waals surface area contributed by atoms with Crippen LogP contribution in [-0.4, -0.2) is 31.1 Å². The summed E-state index contributed by atoms with van der Waals surface area (Å²) in [5, 5.41) is 0. The largest absolute Gasteiger partial charge is 0.496 e. The Labute approximate surface area is 147 Å². The summed E-state index contributed by atoms with van der Waals surface area (Å²) in [6, 6.07) is 16.0. The summed E-state index contributed by atoms with van der Waals surface area (Å²) >= 11 is 0. The van der Waals surface area contributed by atoms with Gasteiger partial charge in [-0.2, -0.15) is 0 Å². The molecule has 2 heterocycles. The second-order valence-electron chi connectivity index (χ2n) is 6.19. The van der Waals surface area contributed by atoms with Crippen LogP contribution in [0.3, 0.4) is 0 Å². The summed E-state index contributed by atoms with van der Waals surface area (Å²) in [4.78, 5) is 14.7. The van der Waals surface area contributed by atoms with Gasteiger partial charge in [-0.25, -0.2) is 0 Å². The SMILES string of the molecule is COc1cccc2c1[C@H]1CN(Cc3ccccc3)C[C@H]1C(=O)O2.Cl. The first-order valence-corrected chi connectivity index (χ1v) is 7.91. The van der Waals surface area contributed by atoms with E-state index in [1.54, 1.807) is 7.11 Å². The molecule has 0 bridgehead atoms. The highest BCUT2D eigenvalue weighted by Gasteiger charge is 2.45. The zero-order chi connectivity index (χ0) is 15.8. The zero-order valence-corrected chi connectivity index (χ0v) is 14.3. The predicted octanol–water partition coefficient (Wildman–Crippen LogP) is 3.25. The fourth-order valence-corrected chi connectivity index (χ4v) is 3.73. The van der Waals surface area contributed by atoms with Gasteiger partial charge >= 0.3 is 5.97 Å². The molecule has 0 aromatic heterocycles. The summed E-state index contributed by atoms with van der Waals surface area (Å²) < 4.78 is 11.0. The lowest BCUT2D eigenvalue weighted by molar-refractivity contribution is -0.140. The quantitative estimate of drug-likeness (QED) is 0.632. The van der Waals surface area contributed by atoms with E-state index in [0.29, 0.717) is 5.75 Å². The van der Waals surface area contributed by atoms with E-state index in [0.717, 1.165) is 30.9 Å². The molecule has 5 heteroatoms. The molecule has 0 radical (unpaired) electrons. The number of methoxy groups -OCH3 is 1. The van der Waals surface area contributed by atoms with Gasteiger partial charge in [0.2, 0.25) is 0 Å². The average molecular weight is 346 g/mol. The molecule has 0 aliphatic carbocycles. The molecule has 126 valence electrons. The minimum absolute atomic E-state index is 0. The molecule has 0 saturated carbocycles. The Hall–Kier alpha value is -2.04. The number of nitrogens with zero attached hydrogens (tertiary/aromatic N) is 1. The van der Waals surface area contributed by atoms with Gasteiger partial charge in [0.1, 0.15) is 11.5 Å². The Bertz CT molecular complexity index is 735. The van der Waals surface area contributed by atoms with Crippen LogP contribution in [0.1, 0.15) is 17.0 Å². The van der Waals surface area contributed by atoms with Crippen molar-refractivity contribution in [3.8, 4) is 11.5 Å². The van der Waals surface area contributed by atoms with Crippen molar-refractivity contribution in [2.24, 2.45) is 5.92 Å². The first-order chi connectivity index (χ1) is 11.3. The lowest BCUT2D eigenvalue weighted by Crippen LogP contribution is -2.31. The molecule has 0 N–H and O–H groups in total. The van der Waals surface area contributed by atoms with Crippen LogP contribution in [-0.2, 0) is 11.3 Å². The van der Waals surface area contributed by atoms with E-state index in [2.05, 4.69) is 17.0 Å². The molecule has 2 atom stereocenters. The van der Waals surface area contributed by atoms with Crippen LogP contribution in [0.5, 0.6) is 11.5 Å². The molecule has 1 fully saturated rings. The Balaban J connectivity index is 0.00000169. The standard InChI is InChI=1S/C19H19NO3.ClH/c1-22-16-8-5-9-17-18(16)14-11-20(12-15(14)19(21)23-17)10-13-6-3-2-4-7-13;/h2-9,14-15H,10-12H2,1H3;1H/t14-,15+;/m0./s1. The highest BCUT2D eigenvalue weighted by molar-refractivity contribution is 5.85. The summed E-state index contributed by atoms with van der Waals surface area (Å²) in [5.41, 5.74) is 2.30. The van der Waals surface area contributed by atoms with Crippen LogP contribution in [0, 0.1) is 5.92 Å². The van der Waals surface area contributed by atoms with E-state index in [1.165, 1.54) is 5.56 Å². The molecule has 2 aliphatic rings. The van der Waals surface area contributed by atoms with E-state index in [-0.39, 0.29) is 30.2 Å². The maximum atomic E-state index is 12.3. The maximum Gasteiger partial charge on any atom is 0.316 e. The minimum atomic E-state index is -0.119. The van der Waals surface area contributed by atoms with E-state index in [4.69, 9.17) is 9.47 Å². The van der Waals surface area contributed by atoms with Crippen LogP contribution >= 0.6 is 12.4 Å². The predicted molar refractivity (Wildman–Crippen MR) is 93.8 cm³/mol. The molecule has 2 aromatic rings. The second kappa shape index (κ2) is 6.83. The number of likely N-dealkylation sites (tertiary alicyclic amines) is 1. The molecule has 24 heavy (non-hydrogen) atoms. The number of esters is 1. The lowest BCUT2D eigenvalue weighted by Gasteiger charge is -2.27. The van der Waals surface area contributed by atoms with Crippen LogP contribution in [0.25, 0.3) is 0 Å². The van der Waals surface area contributed by atoms with Crippen LogP contribution in [0.4, 0.5) is 0 Å². The van der Waals surface area contributed by atoms with Gasteiger partial charge in [0.25, 0.3) is 0 Å². The Morgan fingerprint density at radius 1 is 1.08 bits per heavy atom. The van der Waals surface area contributed by atoms with E-state index in [1.807, 2.05) is 36.4 Å². The van der Waals surface area contributed by atoms with Gasteiger partial charge in [-0.1, -0.05) is 36.4 Å². The molecule has 2 aliphatic heterocycles. The summed E-state index contributed by atoms with van der Waals surface area (Å²) in [6.07, 6.45) is 0. The highest BCUT2D eigenvalue weighted by atomic mass is 35.5. The number of carbonyl (C=O) groups is 1. The number of rotatable bonds is 3. The van der Waals surface area contributed by atoms with Gasteiger partial charge in [0, 0.05) is 31.1 Å². The van der Waals surface area contributed by atoms with Crippen molar-refractivity contribution in [2.45, 2.75) is 12.5 Å². The number of carbonyl (C=O) groups excluding carboxylic acids is 1. The average Bonchev–Trinajstić information content (AvgIpc) is 2.99. The van der Waals surface area contributed by atoms with Crippen LogP contribution in [0.15, 0.2) is 48.5 Å². The van der Waals surface area contributed by atoms with Crippen molar-refractivity contribution in [2.75, 3.05) is 20.2 Å². The Morgan fingerprint density at radius 2 is 1.83 bits per heavy atom. The van der Waals surface area contributed by atoms with E-state index in [9.17, 15) is 4.79 Å². The monoisotopic (exact) mass is 345 g/mol. The van der Waals surface area contributed by atoms with E-state index < -0.39 is 0 Å². The smallest absolute Gasteiger partial charge is 0.316 e.